The molecule has 0 spiro atoms. The average Bonchev–Trinajstić information content (AvgIpc) is 3.22. The molecule has 1 saturated carbocycles. The smallest absolute Gasteiger partial charge is 0.340 e. The van der Waals surface area contributed by atoms with Gasteiger partial charge in [0.1, 0.15) is 0 Å². The topological polar surface area (TPSA) is 67.6 Å². The van der Waals surface area contributed by atoms with E-state index in [1.54, 1.807) is 19.1 Å². The van der Waals surface area contributed by atoms with Gasteiger partial charge in [0.05, 0.1) is 12.2 Å². The Kier molecular flexibility index (Phi) is 4.01. The van der Waals surface area contributed by atoms with Crippen molar-refractivity contribution in [3.05, 3.63) is 23.8 Å². The van der Waals surface area contributed by atoms with Crippen molar-refractivity contribution in [2.75, 3.05) is 30.7 Å². The Bertz CT molecular complexity index is 528. The minimum atomic E-state index is -0.357. The molecule has 1 atom stereocenters. The first-order chi connectivity index (χ1) is 10.2. The van der Waals surface area contributed by atoms with Gasteiger partial charge in [-0.2, -0.15) is 0 Å². The monoisotopic (exact) mass is 289 g/mol. The quantitative estimate of drug-likeness (QED) is 0.642. The summed E-state index contributed by atoms with van der Waals surface area (Å²) in [6.45, 7) is 4.40. The Morgan fingerprint density at radius 1 is 1.43 bits per heavy atom. The van der Waals surface area contributed by atoms with Gasteiger partial charge >= 0.3 is 5.97 Å². The summed E-state index contributed by atoms with van der Waals surface area (Å²) in [5, 5.41) is 3.51. The van der Waals surface area contributed by atoms with Gasteiger partial charge in [-0.05, 0) is 44.4 Å². The molecule has 114 valence electrons. The lowest BCUT2D eigenvalue weighted by Crippen LogP contribution is -2.27. The summed E-state index contributed by atoms with van der Waals surface area (Å²) in [5.41, 5.74) is 7.71. The van der Waals surface area contributed by atoms with E-state index in [2.05, 4.69) is 10.2 Å². The molecule has 3 rings (SSSR count). The van der Waals surface area contributed by atoms with Crippen molar-refractivity contribution in [3.8, 4) is 0 Å². The van der Waals surface area contributed by atoms with E-state index in [-0.39, 0.29) is 5.97 Å². The first-order valence-electron chi connectivity index (χ1n) is 7.74. The molecule has 3 N–H and O–H groups in total. The fraction of sp³-hybridized carbons (Fsp3) is 0.562. The molecule has 1 heterocycles. The van der Waals surface area contributed by atoms with Gasteiger partial charge in [0, 0.05) is 36.5 Å². The van der Waals surface area contributed by atoms with Gasteiger partial charge in [-0.25, -0.2) is 4.79 Å². The number of nitrogens with one attached hydrogen (secondary N) is 1. The number of rotatable bonds is 5. The van der Waals surface area contributed by atoms with Gasteiger partial charge in [0.2, 0.25) is 0 Å². The Morgan fingerprint density at radius 3 is 2.95 bits per heavy atom. The molecule has 1 aliphatic carbocycles. The van der Waals surface area contributed by atoms with Crippen LogP contribution in [0, 0.1) is 0 Å². The zero-order chi connectivity index (χ0) is 14.8. The summed E-state index contributed by atoms with van der Waals surface area (Å²) in [7, 11) is 0. The number of carbonyl (C=O) groups is 1. The standard InChI is InChI=1S/C16H23N3O2/c1-2-21-16(20)14-9-11(3-6-15(14)17)18-12-7-8-19(10-12)13-4-5-13/h3,6,9,12-13,18H,2,4-5,7-8,10,17H2,1H3. The summed E-state index contributed by atoms with van der Waals surface area (Å²) in [5.74, 6) is -0.357. The van der Waals surface area contributed by atoms with Crippen molar-refractivity contribution >= 4 is 17.3 Å². The molecule has 0 radical (unpaired) electrons. The highest BCUT2D eigenvalue weighted by molar-refractivity contribution is 5.96. The second kappa shape index (κ2) is 5.93. The van der Waals surface area contributed by atoms with Gasteiger partial charge in [0.15, 0.2) is 0 Å². The van der Waals surface area contributed by atoms with Gasteiger partial charge in [-0.1, -0.05) is 0 Å². The van der Waals surface area contributed by atoms with Crippen LogP contribution in [0.4, 0.5) is 11.4 Å². The number of hydrogen-bond acceptors (Lipinski definition) is 5. The van der Waals surface area contributed by atoms with Crippen LogP contribution in [0.3, 0.4) is 0 Å². The van der Waals surface area contributed by atoms with E-state index in [1.165, 1.54) is 19.4 Å². The normalized spacial score (nSPS) is 22.2. The Balaban J connectivity index is 1.65. The fourth-order valence-corrected chi connectivity index (χ4v) is 2.94. The minimum Gasteiger partial charge on any atom is -0.462 e. The predicted molar refractivity (Wildman–Crippen MR) is 83.4 cm³/mol. The maximum atomic E-state index is 11.9. The third-order valence-electron chi connectivity index (χ3n) is 4.20. The van der Waals surface area contributed by atoms with E-state index >= 15 is 0 Å². The molecule has 2 fully saturated rings. The Hall–Kier alpha value is -1.75. The zero-order valence-corrected chi connectivity index (χ0v) is 12.5. The number of likely N-dealkylation sites (tertiary alicyclic amines) is 1. The second-order valence-electron chi connectivity index (χ2n) is 5.88. The number of carbonyl (C=O) groups excluding carboxylic acids is 1. The fourth-order valence-electron chi connectivity index (χ4n) is 2.94. The number of benzene rings is 1. The van der Waals surface area contributed by atoms with Gasteiger partial charge < -0.3 is 15.8 Å². The Morgan fingerprint density at radius 2 is 2.24 bits per heavy atom. The maximum absolute atomic E-state index is 11.9. The number of nitrogens with two attached hydrogens (primary N) is 1. The van der Waals surface area contributed by atoms with E-state index in [1.807, 2.05) is 6.07 Å². The number of esters is 1. The lowest BCUT2D eigenvalue weighted by molar-refractivity contribution is 0.0527. The van der Waals surface area contributed by atoms with Gasteiger partial charge in [-0.3, -0.25) is 4.90 Å². The summed E-state index contributed by atoms with van der Waals surface area (Å²) in [6.07, 6.45) is 3.85. The van der Waals surface area contributed by atoms with E-state index in [9.17, 15) is 4.79 Å². The largest absolute Gasteiger partial charge is 0.462 e. The molecule has 1 aromatic rings. The summed E-state index contributed by atoms with van der Waals surface area (Å²) in [6, 6.07) is 6.76. The van der Waals surface area contributed by atoms with Crippen LogP contribution in [0.1, 0.15) is 36.5 Å². The number of nitrogens with zero attached hydrogens (tertiary/aromatic N) is 1. The molecular weight excluding hydrogens is 266 g/mol. The highest BCUT2D eigenvalue weighted by Gasteiger charge is 2.34. The van der Waals surface area contributed by atoms with Crippen molar-refractivity contribution < 1.29 is 9.53 Å². The van der Waals surface area contributed by atoms with E-state index in [0.717, 1.165) is 24.7 Å². The van der Waals surface area contributed by atoms with Gasteiger partial charge in [0.25, 0.3) is 0 Å². The van der Waals surface area contributed by atoms with Crippen molar-refractivity contribution in [2.45, 2.75) is 38.3 Å². The minimum absolute atomic E-state index is 0.356. The van der Waals surface area contributed by atoms with Crippen LogP contribution in [-0.4, -0.2) is 42.6 Å². The highest BCUT2D eigenvalue weighted by atomic mass is 16.5. The molecular formula is C16H23N3O2. The molecule has 0 amide bonds. The van der Waals surface area contributed by atoms with Crippen LogP contribution >= 0.6 is 0 Å². The SMILES string of the molecule is CCOC(=O)c1cc(NC2CCN(C3CC3)C2)ccc1N. The van der Waals surface area contributed by atoms with Crippen molar-refractivity contribution in [2.24, 2.45) is 0 Å². The molecule has 5 heteroatoms. The number of nitrogen functional groups attached to an aromatic ring is 1. The first kappa shape index (κ1) is 14.2. The van der Waals surface area contributed by atoms with Gasteiger partial charge in [-0.15, -0.1) is 0 Å². The first-order valence-corrected chi connectivity index (χ1v) is 7.74. The molecule has 0 bridgehead atoms. The summed E-state index contributed by atoms with van der Waals surface area (Å²) < 4.78 is 5.04. The summed E-state index contributed by atoms with van der Waals surface area (Å²) >= 11 is 0. The third kappa shape index (κ3) is 3.29. The molecule has 21 heavy (non-hydrogen) atoms. The van der Waals surface area contributed by atoms with E-state index < -0.39 is 0 Å². The predicted octanol–water partition coefficient (Wildman–Crippen LogP) is 2.09. The molecule has 1 aliphatic heterocycles. The van der Waals surface area contributed by atoms with Crippen LogP contribution < -0.4 is 11.1 Å². The number of hydrogen-bond donors (Lipinski definition) is 2. The highest BCUT2D eigenvalue weighted by Crippen LogP contribution is 2.31. The Labute approximate surface area is 125 Å². The molecule has 1 aromatic carbocycles. The summed E-state index contributed by atoms with van der Waals surface area (Å²) in [4.78, 5) is 14.4. The zero-order valence-electron chi connectivity index (χ0n) is 12.5. The van der Waals surface area contributed by atoms with Crippen LogP contribution in [0.2, 0.25) is 0 Å². The number of ether oxygens (including phenoxy) is 1. The van der Waals surface area contributed by atoms with Crippen LogP contribution in [-0.2, 0) is 4.74 Å². The third-order valence-corrected chi connectivity index (χ3v) is 4.20. The molecule has 5 nitrogen and oxygen atoms in total. The van der Waals surface area contributed by atoms with E-state index in [4.69, 9.17) is 10.5 Å². The second-order valence-corrected chi connectivity index (χ2v) is 5.88. The lowest BCUT2D eigenvalue weighted by Gasteiger charge is -2.17. The maximum Gasteiger partial charge on any atom is 0.340 e. The van der Waals surface area contributed by atoms with Crippen molar-refractivity contribution in [3.63, 3.8) is 0 Å². The molecule has 2 aliphatic rings. The molecule has 1 unspecified atom stereocenters. The van der Waals surface area contributed by atoms with Crippen LogP contribution in [0.5, 0.6) is 0 Å². The van der Waals surface area contributed by atoms with Crippen LogP contribution in [0.15, 0.2) is 18.2 Å². The van der Waals surface area contributed by atoms with E-state index in [0.29, 0.717) is 23.9 Å². The average molecular weight is 289 g/mol. The van der Waals surface area contributed by atoms with Crippen LogP contribution in [0.25, 0.3) is 0 Å². The van der Waals surface area contributed by atoms with Crippen molar-refractivity contribution in [1.82, 2.24) is 4.90 Å². The molecule has 0 aromatic heterocycles. The lowest BCUT2D eigenvalue weighted by atomic mass is 10.1. The molecule has 1 saturated heterocycles. The number of anilines is 2. The van der Waals surface area contributed by atoms with Crippen molar-refractivity contribution in [1.29, 1.82) is 0 Å².